The summed E-state index contributed by atoms with van der Waals surface area (Å²) in [5.74, 6) is 0.893. The van der Waals surface area contributed by atoms with Crippen molar-refractivity contribution in [1.29, 1.82) is 0 Å². The number of rotatable bonds is 10. The summed E-state index contributed by atoms with van der Waals surface area (Å²) in [6.07, 6.45) is 1.28. The van der Waals surface area contributed by atoms with Crippen LogP contribution in [0.4, 0.5) is 0 Å². The van der Waals surface area contributed by atoms with E-state index in [1.54, 1.807) is 0 Å². The van der Waals surface area contributed by atoms with Crippen LogP contribution in [0.5, 0.6) is 5.75 Å². The molecule has 0 radical (unpaired) electrons. The Hall–Kier alpha value is -1.07. The monoisotopic (exact) mass is 425 g/mol. The Morgan fingerprint density at radius 3 is 2.60 bits per heavy atom. The molecule has 25 heavy (non-hydrogen) atoms. The lowest BCUT2D eigenvalue weighted by atomic mass is 10.2. The first-order chi connectivity index (χ1) is 12.0. The van der Waals surface area contributed by atoms with Crippen LogP contribution < -0.4 is 10.1 Å². The fourth-order valence-electron chi connectivity index (χ4n) is 2.31. The Balaban J connectivity index is 1.85. The molecular weight excluding hydrogens is 402 g/mol. The number of hydrogen-bond acceptors (Lipinski definition) is 3. The first-order valence-corrected chi connectivity index (χ1v) is 9.69. The molecule has 2 rings (SSSR count). The van der Waals surface area contributed by atoms with Crippen LogP contribution in [0.1, 0.15) is 31.4 Å². The van der Waals surface area contributed by atoms with Gasteiger partial charge in [0.1, 0.15) is 12.4 Å². The third kappa shape index (κ3) is 7.78. The molecule has 5 heteroatoms. The summed E-state index contributed by atoms with van der Waals surface area (Å²) in [6.45, 7) is 7.09. The third-order valence-electron chi connectivity index (χ3n) is 3.59. The molecule has 0 saturated carbocycles. The molecule has 0 heterocycles. The molecule has 0 aromatic heterocycles. The van der Waals surface area contributed by atoms with E-state index in [4.69, 9.17) is 21.1 Å². The van der Waals surface area contributed by atoms with Gasteiger partial charge in [-0.15, -0.1) is 0 Å². The lowest BCUT2D eigenvalue weighted by Gasteiger charge is -2.13. The van der Waals surface area contributed by atoms with Gasteiger partial charge < -0.3 is 14.8 Å². The maximum Gasteiger partial charge on any atom is 0.124 e. The van der Waals surface area contributed by atoms with Gasteiger partial charge in [-0.3, -0.25) is 0 Å². The molecule has 0 unspecified atom stereocenters. The van der Waals surface area contributed by atoms with Crippen LogP contribution in [0.2, 0.25) is 5.02 Å². The van der Waals surface area contributed by atoms with Gasteiger partial charge in [0.2, 0.25) is 0 Å². The zero-order chi connectivity index (χ0) is 18.1. The van der Waals surface area contributed by atoms with Crippen LogP contribution in [0.15, 0.2) is 46.9 Å². The summed E-state index contributed by atoms with van der Waals surface area (Å²) in [4.78, 5) is 0. The predicted octanol–water partition coefficient (Wildman–Crippen LogP) is 5.59. The van der Waals surface area contributed by atoms with Crippen LogP contribution in [-0.2, 0) is 17.9 Å². The van der Waals surface area contributed by atoms with E-state index >= 15 is 0 Å². The van der Waals surface area contributed by atoms with Crippen molar-refractivity contribution in [3.8, 4) is 5.75 Å². The second-order valence-electron chi connectivity index (χ2n) is 6.12. The second-order valence-corrected chi connectivity index (χ2v) is 7.47. The Bertz CT molecular complexity index is 647. The van der Waals surface area contributed by atoms with Gasteiger partial charge >= 0.3 is 0 Å². The van der Waals surface area contributed by atoms with Gasteiger partial charge in [-0.25, -0.2) is 0 Å². The van der Waals surface area contributed by atoms with Crippen molar-refractivity contribution in [2.24, 2.45) is 0 Å². The summed E-state index contributed by atoms with van der Waals surface area (Å²) >= 11 is 9.45. The quantitative estimate of drug-likeness (QED) is 0.503. The molecular formula is C20H25BrClNO2. The highest BCUT2D eigenvalue weighted by Crippen LogP contribution is 2.24. The van der Waals surface area contributed by atoms with Crippen LogP contribution in [0, 0.1) is 0 Å². The lowest BCUT2D eigenvalue weighted by molar-refractivity contribution is 0.0770. The molecule has 136 valence electrons. The molecule has 0 bridgehead atoms. The Kier molecular flexibility index (Phi) is 8.76. The van der Waals surface area contributed by atoms with Crippen LogP contribution in [0.25, 0.3) is 0 Å². The highest BCUT2D eigenvalue weighted by atomic mass is 79.9. The van der Waals surface area contributed by atoms with Crippen LogP contribution in [-0.4, -0.2) is 19.3 Å². The molecule has 0 spiro atoms. The van der Waals surface area contributed by atoms with Gasteiger partial charge in [-0.2, -0.15) is 0 Å². The van der Waals surface area contributed by atoms with Crippen LogP contribution >= 0.6 is 27.5 Å². The standard InChI is InChI=1S/C20H25BrClNO2/c1-15(2)24-11-3-10-23-13-17-12-18(21)6-9-20(17)25-14-16-4-7-19(22)8-5-16/h4-9,12,15,23H,3,10-11,13-14H2,1-2H3. The molecule has 3 nitrogen and oxygen atoms in total. The first kappa shape index (κ1) is 20.2. The van der Waals surface area contributed by atoms with Crippen molar-refractivity contribution in [3.05, 3.63) is 63.1 Å². The largest absolute Gasteiger partial charge is 0.489 e. The normalized spacial score (nSPS) is 11.1. The highest BCUT2D eigenvalue weighted by Gasteiger charge is 2.05. The van der Waals surface area contributed by atoms with Gasteiger partial charge in [0.05, 0.1) is 6.10 Å². The maximum absolute atomic E-state index is 6.00. The average Bonchev–Trinajstić information content (AvgIpc) is 2.58. The molecule has 0 amide bonds. The molecule has 2 aromatic carbocycles. The minimum atomic E-state index is 0.290. The Morgan fingerprint density at radius 2 is 1.88 bits per heavy atom. The zero-order valence-electron chi connectivity index (χ0n) is 14.7. The predicted molar refractivity (Wildman–Crippen MR) is 107 cm³/mol. The van der Waals surface area contributed by atoms with Gasteiger partial charge in [-0.05, 0) is 62.7 Å². The van der Waals surface area contributed by atoms with E-state index in [1.807, 2.05) is 36.4 Å². The van der Waals surface area contributed by atoms with Crippen molar-refractivity contribution in [3.63, 3.8) is 0 Å². The molecule has 2 aromatic rings. The minimum absolute atomic E-state index is 0.290. The first-order valence-electron chi connectivity index (χ1n) is 8.52. The van der Waals surface area contributed by atoms with Crippen molar-refractivity contribution in [1.82, 2.24) is 5.32 Å². The van der Waals surface area contributed by atoms with Crippen molar-refractivity contribution >= 4 is 27.5 Å². The van der Waals surface area contributed by atoms with E-state index < -0.39 is 0 Å². The third-order valence-corrected chi connectivity index (χ3v) is 4.34. The average molecular weight is 427 g/mol. The van der Waals surface area contributed by atoms with E-state index in [1.165, 1.54) is 0 Å². The van der Waals surface area contributed by atoms with E-state index in [0.29, 0.717) is 6.61 Å². The fourth-order valence-corrected chi connectivity index (χ4v) is 2.84. The molecule has 0 saturated heterocycles. The number of halogens is 2. The van der Waals surface area contributed by atoms with E-state index in [0.717, 1.165) is 52.5 Å². The topological polar surface area (TPSA) is 30.5 Å². The zero-order valence-corrected chi connectivity index (χ0v) is 17.1. The highest BCUT2D eigenvalue weighted by molar-refractivity contribution is 9.10. The van der Waals surface area contributed by atoms with Gasteiger partial charge in [0.25, 0.3) is 0 Å². The van der Waals surface area contributed by atoms with E-state index in [9.17, 15) is 0 Å². The number of ether oxygens (including phenoxy) is 2. The van der Waals surface area contributed by atoms with Crippen LogP contribution in [0.3, 0.4) is 0 Å². The number of benzene rings is 2. The lowest BCUT2D eigenvalue weighted by Crippen LogP contribution is -2.18. The Morgan fingerprint density at radius 1 is 1.12 bits per heavy atom. The van der Waals surface area contributed by atoms with Crippen molar-refractivity contribution in [2.45, 2.75) is 39.5 Å². The maximum atomic E-state index is 6.00. The molecule has 1 N–H and O–H groups in total. The second kappa shape index (κ2) is 10.8. The minimum Gasteiger partial charge on any atom is -0.489 e. The van der Waals surface area contributed by atoms with Gasteiger partial charge in [0.15, 0.2) is 0 Å². The fraction of sp³-hybridized carbons (Fsp3) is 0.400. The summed E-state index contributed by atoms with van der Waals surface area (Å²) in [7, 11) is 0. The molecule has 0 aliphatic rings. The SMILES string of the molecule is CC(C)OCCCNCc1cc(Br)ccc1OCc1ccc(Cl)cc1. The number of hydrogen-bond donors (Lipinski definition) is 1. The van der Waals surface area contributed by atoms with Gasteiger partial charge in [0, 0.05) is 28.2 Å². The molecule has 0 atom stereocenters. The Labute approximate surface area is 163 Å². The van der Waals surface area contributed by atoms with Crippen molar-refractivity contribution < 1.29 is 9.47 Å². The number of nitrogens with one attached hydrogen (secondary N) is 1. The van der Waals surface area contributed by atoms with Gasteiger partial charge in [-0.1, -0.05) is 39.7 Å². The summed E-state index contributed by atoms with van der Waals surface area (Å²) in [5, 5.41) is 4.19. The molecule has 0 aliphatic heterocycles. The summed E-state index contributed by atoms with van der Waals surface area (Å²) in [5.41, 5.74) is 2.23. The van der Waals surface area contributed by atoms with E-state index in [2.05, 4.69) is 41.2 Å². The summed E-state index contributed by atoms with van der Waals surface area (Å²) < 4.78 is 12.6. The van der Waals surface area contributed by atoms with Crippen molar-refractivity contribution in [2.75, 3.05) is 13.2 Å². The van der Waals surface area contributed by atoms with E-state index in [-0.39, 0.29) is 6.10 Å². The molecule has 0 aliphatic carbocycles. The summed E-state index contributed by atoms with van der Waals surface area (Å²) in [6, 6.07) is 13.8. The smallest absolute Gasteiger partial charge is 0.124 e. The molecule has 0 fully saturated rings.